The van der Waals surface area contributed by atoms with Crippen LogP contribution >= 0.6 is 0 Å². The van der Waals surface area contributed by atoms with Crippen molar-refractivity contribution >= 4 is 22.6 Å². The van der Waals surface area contributed by atoms with Crippen LogP contribution in [0.4, 0.5) is 0 Å². The molecule has 1 aromatic heterocycles. The molecule has 5 rings (SSSR count). The zero-order valence-electron chi connectivity index (χ0n) is 19.6. The van der Waals surface area contributed by atoms with Crippen LogP contribution < -0.4 is 5.32 Å². The quantitative estimate of drug-likeness (QED) is 0.584. The smallest absolute Gasteiger partial charge is 0.254 e. The SMILES string of the molecule is O=C(NCC(c1ccco1)N1CCCCC1)C1CCN(C(=O)c2cccc3ccccc23)CC1. The minimum atomic E-state index is -0.0600. The number of fused-ring (bicyclic) bond motifs is 1. The first-order chi connectivity index (χ1) is 16.7. The minimum absolute atomic E-state index is 0.0543. The van der Waals surface area contributed by atoms with Gasteiger partial charge in [0.15, 0.2) is 0 Å². The van der Waals surface area contributed by atoms with E-state index in [2.05, 4.69) is 10.2 Å². The third kappa shape index (κ3) is 4.87. The summed E-state index contributed by atoms with van der Waals surface area (Å²) >= 11 is 0. The summed E-state index contributed by atoms with van der Waals surface area (Å²) in [5.41, 5.74) is 0.740. The lowest BCUT2D eigenvalue weighted by molar-refractivity contribution is -0.126. The summed E-state index contributed by atoms with van der Waals surface area (Å²) in [6.45, 7) is 3.84. The molecule has 0 aliphatic carbocycles. The summed E-state index contributed by atoms with van der Waals surface area (Å²) in [6.07, 6.45) is 6.73. The standard InChI is InChI=1S/C28H33N3O3/c32-27(29-20-25(26-12-7-19-34-26)30-15-4-1-5-16-30)22-13-17-31(18-14-22)28(33)24-11-6-9-21-8-2-3-10-23(21)24/h2-3,6-12,19,22,25H,1,4-5,13-18,20H2,(H,29,32). The molecule has 1 atom stereocenters. The van der Waals surface area contributed by atoms with Crippen LogP contribution in [-0.4, -0.2) is 54.3 Å². The number of rotatable bonds is 6. The summed E-state index contributed by atoms with van der Waals surface area (Å²) in [5, 5.41) is 5.25. The van der Waals surface area contributed by atoms with Crippen LogP contribution in [0.25, 0.3) is 10.8 Å². The molecule has 2 aliphatic rings. The number of carbonyl (C=O) groups is 2. The topological polar surface area (TPSA) is 65.8 Å². The fraction of sp³-hybridized carbons (Fsp3) is 0.429. The molecule has 2 aromatic carbocycles. The highest BCUT2D eigenvalue weighted by Crippen LogP contribution is 2.26. The van der Waals surface area contributed by atoms with Gasteiger partial charge in [-0.15, -0.1) is 0 Å². The molecule has 3 aromatic rings. The lowest BCUT2D eigenvalue weighted by Crippen LogP contribution is -2.45. The highest BCUT2D eigenvalue weighted by molar-refractivity contribution is 6.07. The van der Waals surface area contributed by atoms with Crippen molar-refractivity contribution in [3.63, 3.8) is 0 Å². The van der Waals surface area contributed by atoms with Crippen molar-refractivity contribution in [1.29, 1.82) is 0 Å². The van der Waals surface area contributed by atoms with E-state index in [1.165, 1.54) is 19.3 Å². The van der Waals surface area contributed by atoms with Gasteiger partial charge in [-0.3, -0.25) is 14.5 Å². The number of likely N-dealkylation sites (tertiary alicyclic amines) is 2. The third-order valence-corrected chi connectivity index (χ3v) is 7.35. The van der Waals surface area contributed by atoms with E-state index in [9.17, 15) is 9.59 Å². The molecule has 2 fully saturated rings. The average Bonchev–Trinajstić information content (AvgIpc) is 3.43. The highest BCUT2D eigenvalue weighted by atomic mass is 16.3. The van der Waals surface area contributed by atoms with Gasteiger partial charge in [-0.2, -0.15) is 0 Å². The van der Waals surface area contributed by atoms with Crippen LogP contribution in [-0.2, 0) is 4.79 Å². The molecule has 2 amide bonds. The lowest BCUT2D eigenvalue weighted by Gasteiger charge is -2.34. The maximum absolute atomic E-state index is 13.2. The number of amides is 2. The van der Waals surface area contributed by atoms with Crippen LogP contribution in [0.2, 0.25) is 0 Å². The first-order valence-corrected chi connectivity index (χ1v) is 12.5. The third-order valence-electron chi connectivity index (χ3n) is 7.35. The Morgan fingerprint density at radius 2 is 1.68 bits per heavy atom. The molecular formula is C28H33N3O3. The van der Waals surface area contributed by atoms with Gasteiger partial charge in [0.05, 0.1) is 12.3 Å². The second kappa shape index (κ2) is 10.4. The number of nitrogens with zero attached hydrogens (tertiary/aromatic N) is 2. The van der Waals surface area contributed by atoms with E-state index >= 15 is 0 Å². The molecule has 34 heavy (non-hydrogen) atoms. The van der Waals surface area contributed by atoms with E-state index in [1.54, 1.807) is 6.26 Å². The fourth-order valence-electron chi connectivity index (χ4n) is 5.39. The molecular weight excluding hydrogens is 426 g/mol. The number of benzene rings is 2. The number of hydrogen-bond acceptors (Lipinski definition) is 4. The maximum Gasteiger partial charge on any atom is 0.254 e. The van der Waals surface area contributed by atoms with Gasteiger partial charge in [0.25, 0.3) is 5.91 Å². The van der Waals surface area contributed by atoms with Crippen LogP contribution in [0.1, 0.15) is 54.3 Å². The Morgan fingerprint density at radius 3 is 2.44 bits per heavy atom. The monoisotopic (exact) mass is 459 g/mol. The highest BCUT2D eigenvalue weighted by Gasteiger charge is 2.30. The van der Waals surface area contributed by atoms with E-state index < -0.39 is 0 Å². The van der Waals surface area contributed by atoms with Crippen LogP contribution in [0.15, 0.2) is 65.3 Å². The first kappa shape index (κ1) is 22.7. The van der Waals surface area contributed by atoms with Crippen molar-refractivity contribution in [2.45, 2.75) is 38.1 Å². The molecule has 0 saturated carbocycles. The maximum atomic E-state index is 13.2. The Kier molecular flexibility index (Phi) is 6.95. The van der Waals surface area contributed by atoms with Crippen LogP contribution in [0.5, 0.6) is 0 Å². The minimum Gasteiger partial charge on any atom is -0.468 e. The van der Waals surface area contributed by atoms with Gasteiger partial charge in [-0.1, -0.05) is 42.8 Å². The zero-order chi connectivity index (χ0) is 23.3. The summed E-state index contributed by atoms with van der Waals surface area (Å²) < 4.78 is 5.70. The number of carbonyl (C=O) groups excluding carboxylic acids is 2. The molecule has 178 valence electrons. The van der Waals surface area contributed by atoms with Gasteiger partial charge < -0.3 is 14.6 Å². The van der Waals surface area contributed by atoms with Gasteiger partial charge in [-0.25, -0.2) is 0 Å². The van der Waals surface area contributed by atoms with Gasteiger partial charge in [0.1, 0.15) is 5.76 Å². The van der Waals surface area contributed by atoms with E-state index in [-0.39, 0.29) is 23.8 Å². The van der Waals surface area contributed by atoms with E-state index in [4.69, 9.17) is 4.42 Å². The molecule has 6 heteroatoms. The van der Waals surface area contributed by atoms with E-state index in [0.29, 0.717) is 32.5 Å². The van der Waals surface area contributed by atoms with Crippen molar-refractivity contribution in [3.05, 3.63) is 72.2 Å². The molecule has 3 heterocycles. The average molecular weight is 460 g/mol. The molecule has 2 aliphatic heterocycles. The van der Waals surface area contributed by atoms with E-state index in [1.807, 2.05) is 59.5 Å². The number of nitrogens with one attached hydrogen (secondary N) is 1. The van der Waals surface area contributed by atoms with E-state index in [0.717, 1.165) is 35.2 Å². The Hall–Kier alpha value is -3.12. The lowest BCUT2D eigenvalue weighted by atomic mass is 9.94. The normalized spacial score (nSPS) is 18.6. The Bertz CT molecular complexity index is 1110. The van der Waals surface area contributed by atoms with Gasteiger partial charge in [0, 0.05) is 31.1 Å². The second-order valence-electron chi connectivity index (χ2n) is 9.47. The van der Waals surface area contributed by atoms with Crippen LogP contribution in [0, 0.1) is 5.92 Å². The van der Waals surface area contributed by atoms with Crippen molar-refractivity contribution < 1.29 is 14.0 Å². The largest absolute Gasteiger partial charge is 0.468 e. The molecule has 2 saturated heterocycles. The molecule has 0 radical (unpaired) electrons. The molecule has 1 N–H and O–H groups in total. The van der Waals surface area contributed by atoms with Gasteiger partial charge in [0.2, 0.25) is 5.91 Å². The zero-order valence-corrected chi connectivity index (χ0v) is 19.6. The van der Waals surface area contributed by atoms with Gasteiger partial charge >= 0.3 is 0 Å². The summed E-state index contributed by atoms with van der Waals surface area (Å²) in [5.74, 6) is 0.998. The molecule has 1 unspecified atom stereocenters. The van der Waals surface area contributed by atoms with Gasteiger partial charge in [-0.05, 0) is 67.7 Å². The summed E-state index contributed by atoms with van der Waals surface area (Å²) in [7, 11) is 0. The summed E-state index contributed by atoms with van der Waals surface area (Å²) in [4.78, 5) is 30.6. The predicted octanol–water partition coefficient (Wildman–Crippen LogP) is 4.63. The second-order valence-corrected chi connectivity index (χ2v) is 9.47. The number of piperidine rings is 2. The van der Waals surface area contributed by atoms with Crippen LogP contribution in [0.3, 0.4) is 0 Å². The van der Waals surface area contributed by atoms with Crippen molar-refractivity contribution in [1.82, 2.24) is 15.1 Å². The number of furan rings is 1. The predicted molar refractivity (Wildman–Crippen MR) is 132 cm³/mol. The van der Waals surface area contributed by atoms with Crippen molar-refractivity contribution in [2.24, 2.45) is 5.92 Å². The Morgan fingerprint density at radius 1 is 0.912 bits per heavy atom. The Balaban J connectivity index is 1.17. The first-order valence-electron chi connectivity index (χ1n) is 12.5. The fourth-order valence-corrected chi connectivity index (χ4v) is 5.39. The van der Waals surface area contributed by atoms with Crippen molar-refractivity contribution in [3.8, 4) is 0 Å². The molecule has 6 nitrogen and oxygen atoms in total. The number of hydrogen-bond donors (Lipinski definition) is 1. The molecule has 0 bridgehead atoms. The Labute approximate surface area is 200 Å². The molecule has 0 spiro atoms. The van der Waals surface area contributed by atoms with Crippen molar-refractivity contribution in [2.75, 3.05) is 32.7 Å². The summed E-state index contributed by atoms with van der Waals surface area (Å²) in [6, 6.07) is 17.8.